The average Bonchev–Trinajstić information content (AvgIpc) is 2.62. The Morgan fingerprint density at radius 1 is 1.33 bits per heavy atom. The summed E-state index contributed by atoms with van der Waals surface area (Å²) in [6.45, 7) is 1.94. The van der Waals surface area contributed by atoms with Gasteiger partial charge in [-0.3, -0.25) is 4.98 Å². The van der Waals surface area contributed by atoms with Gasteiger partial charge in [0.2, 0.25) is 0 Å². The van der Waals surface area contributed by atoms with Gasteiger partial charge in [-0.25, -0.2) is 4.98 Å². The first-order chi connectivity index (χ1) is 7.24. The van der Waals surface area contributed by atoms with Gasteiger partial charge in [0, 0.05) is 17.1 Å². The molecule has 0 aliphatic carbocycles. The molecule has 0 radical (unpaired) electrons. The summed E-state index contributed by atoms with van der Waals surface area (Å²) >= 11 is 1.56. The second-order valence-corrected chi connectivity index (χ2v) is 4.00. The van der Waals surface area contributed by atoms with E-state index in [9.17, 15) is 5.11 Å². The SMILES string of the molecule is Cc1nc(C#Cc2cncc(O)c2)cs1. The Hall–Kier alpha value is -1.86. The van der Waals surface area contributed by atoms with Crippen LogP contribution in [0.5, 0.6) is 5.75 Å². The zero-order valence-corrected chi connectivity index (χ0v) is 8.88. The lowest BCUT2D eigenvalue weighted by molar-refractivity contribution is 0.472. The Morgan fingerprint density at radius 3 is 2.87 bits per heavy atom. The Morgan fingerprint density at radius 2 is 2.20 bits per heavy atom. The highest BCUT2D eigenvalue weighted by Crippen LogP contribution is 2.08. The molecule has 0 aliphatic rings. The minimum atomic E-state index is 0.122. The third kappa shape index (κ3) is 2.55. The lowest BCUT2D eigenvalue weighted by Gasteiger charge is -1.89. The Kier molecular flexibility index (Phi) is 2.66. The molecule has 74 valence electrons. The van der Waals surface area contributed by atoms with Crippen LogP contribution >= 0.6 is 11.3 Å². The number of aryl methyl sites for hydroxylation is 1. The molecule has 1 N–H and O–H groups in total. The Bertz CT molecular complexity index is 537. The van der Waals surface area contributed by atoms with Gasteiger partial charge < -0.3 is 5.11 Å². The number of aromatic nitrogens is 2. The second-order valence-electron chi connectivity index (χ2n) is 2.93. The fraction of sp³-hybridized carbons (Fsp3) is 0.0909. The third-order valence-electron chi connectivity index (χ3n) is 1.68. The van der Waals surface area contributed by atoms with E-state index in [0.717, 1.165) is 10.7 Å². The molecule has 2 aromatic heterocycles. The molecule has 0 aliphatic heterocycles. The van der Waals surface area contributed by atoms with Gasteiger partial charge in [-0.2, -0.15) is 0 Å². The molecule has 0 saturated carbocycles. The molecule has 0 fully saturated rings. The van der Waals surface area contributed by atoms with Gasteiger partial charge in [0.15, 0.2) is 0 Å². The van der Waals surface area contributed by atoms with Crippen LogP contribution in [0.4, 0.5) is 0 Å². The molecule has 0 amide bonds. The Balaban J connectivity index is 2.25. The maximum atomic E-state index is 9.17. The maximum Gasteiger partial charge on any atom is 0.135 e. The van der Waals surface area contributed by atoms with Crippen molar-refractivity contribution in [1.29, 1.82) is 0 Å². The summed E-state index contributed by atoms with van der Waals surface area (Å²) in [5, 5.41) is 12.1. The number of hydrogen-bond donors (Lipinski definition) is 1. The summed E-state index contributed by atoms with van der Waals surface area (Å²) in [7, 11) is 0. The van der Waals surface area contributed by atoms with Crippen molar-refractivity contribution in [2.75, 3.05) is 0 Å². The summed E-state index contributed by atoms with van der Waals surface area (Å²) in [4.78, 5) is 8.04. The van der Waals surface area contributed by atoms with Crippen molar-refractivity contribution >= 4 is 11.3 Å². The van der Waals surface area contributed by atoms with E-state index in [1.165, 1.54) is 6.20 Å². The van der Waals surface area contributed by atoms with Crippen LogP contribution in [0.3, 0.4) is 0 Å². The van der Waals surface area contributed by atoms with E-state index in [0.29, 0.717) is 5.56 Å². The summed E-state index contributed by atoms with van der Waals surface area (Å²) in [6, 6.07) is 1.57. The van der Waals surface area contributed by atoms with Crippen LogP contribution < -0.4 is 0 Å². The molecule has 3 nitrogen and oxygen atoms in total. The molecule has 4 heteroatoms. The van der Waals surface area contributed by atoms with Crippen molar-refractivity contribution in [2.24, 2.45) is 0 Å². The van der Waals surface area contributed by atoms with Crippen LogP contribution in [-0.4, -0.2) is 15.1 Å². The first-order valence-electron chi connectivity index (χ1n) is 4.32. The predicted octanol–water partition coefficient (Wildman–Crippen LogP) is 1.95. The van der Waals surface area contributed by atoms with Crippen molar-refractivity contribution < 1.29 is 5.11 Å². The van der Waals surface area contributed by atoms with Crippen molar-refractivity contribution in [3.8, 4) is 17.6 Å². The predicted molar refractivity (Wildman–Crippen MR) is 58.7 cm³/mol. The van der Waals surface area contributed by atoms with E-state index >= 15 is 0 Å². The average molecular weight is 216 g/mol. The monoisotopic (exact) mass is 216 g/mol. The molecule has 2 heterocycles. The molecule has 0 bridgehead atoms. The third-order valence-corrected chi connectivity index (χ3v) is 2.45. The van der Waals surface area contributed by atoms with Crippen LogP contribution in [0, 0.1) is 18.8 Å². The van der Waals surface area contributed by atoms with E-state index in [1.54, 1.807) is 23.6 Å². The van der Waals surface area contributed by atoms with E-state index in [4.69, 9.17) is 0 Å². The first-order valence-corrected chi connectivity index (χ1v) is 5.20. The zero-order valence-electron chi connectivity index (χ0n) is 8.06. The van der Waals surface area contributed by atoms with Gasteiger partial charge in [-0.05, 0) is 18.9 Å². The van der Waals surface area contributed by atoms with Crippen LogP contribution in [0.2, 0.25) is 0 Å². The molecule has 0 spiro atoms. The molecular formula is C11H8N2OS. The number of aromatic hydroxyl groups is 1. The van der Waals surface area contributed by atoms with Crippen LogP contribution in [0.1, 0.15) is 16.3 Å². The number of rotatable bonds is 0. The van der Waals surface area contributed by atoms with Crippen molar-refractivity contribution in [2.45, 2.75) is 6.92 Å². The molecule has 2 rings (SSSR count). The second kappa shape index (κ2) is 4.11. The van der Waals surface area contributed by atoms with Crippen LogP contribution in [0.15, 0.2) is 23.8 Å². The molecule has 0 atom stereocenters. The highest BCUT2D eigenvalue weighted by Gasteiger charge is 1.93. The summed E-state index contributed by atoms with van der Waals surface area (Å²) in [5.41, 5.74) is 1.43. The zero-order chi connectivity index (χ0) is 10.7. The summed E-state index contributed by atoms with van der Waals surface area (Å²) in [6.07, 6.45) is 2.98. The molecule has 0 saturated heterocycles. The maximum absolute atomic E-state index is 9.17. The fourth-order valence-corrected chi connectivity index (χ4v) is 1.60. The van der Waals surface area contributed by atoms with E-state index in [-0.39, 0.29) is 5.75 Å². The van der Waals surface area contributed by atoms with Gasteiger partial charge in [0.1, 0.15) is 11.4 Å². The van der Waals surface area contributed by atoms with Crippen LogP contribution in [0.25, 0.3) is 0 Å². The number of pyridine rings is 1. The minimum Gasteiger partial charge on any atom is -0.506 e. The highest BCUT2D eigenvalue weighted by atomic mass is 32.1. The lowest BCUT2D eigenvalue weighted by Crippen LogP contribution is -1.78. The van der Waals surface area contributed by atoms with Gasteiger partial charge in [-0.1, -0.05) is 5.92 Å². The smallest absolute Gasteiger partial charge is 0.135 e. The van der Waals surface area contributed by atoms with Gasteiger partial charge >= 0.3 is 0 Å². The van der Waals surface area contributed by atoms with E-state index in [1.807, 2.05) is 12.3 Å². The highest BCUT2D eigenvalue weighted by molar-refractivity contribution is 7.09. The number of thiazole rings is 1. The minimum absolute atomic E-state index is 0.122. The fourth-order valence-electron chi connectivity index (χ4n) is 1.05. The largest absolute Gasteiger partial charge is 0.506 e. The van der Waals surface area contributed by atoms with Crippen molar-refractivity contribution in [1.82, 2.24) is 9.97 Å². The Labute approximate surface area is 91.5 Å². The van der Waals surface area contributed by atoms with E-state index in [2.05, 4.69) is 21.8 Å². The molecule has 0 aromatic carbocycles. The first kappa shape index (κ1) is 9.69. The number of hydrogen-bond acceptors (Lipinski definition) is 4. The van der Waals surface area contributed by atoms with E-state index < -0.39 is 0 Å². The quantitative estimate of drug-likeness (QED) is 0.685. The summed E-state index contributed by atoms with van der Waals surface area (Å²) in [5.74, 6) is 5.92. The molecule has 15 heavy (non-hydrogen) atoms. The topological polar surface area (TPSA) is 46.0 Å². The van der Waals surface area contributed by atoms with Crippen molar-refractivity contribution in [3.63, 3.8) is 0 Å². The lowest BCUT2D eigenvalue weighted by atomic mass is 10.3. The van der Waals surface area contributed by atoms with Gasteiger partial charge in [0.05, 0.1) is 11.2 Å². The molecular weight excluding hydrogens is 208 g/mol. The standard InChI is InChI=1S/C11H8N2OS/c1-8-13-10(7-15-8)3-2-9-4-11(14)6-12-5-9/h4-7,14H,1H3. The van der Waals surface area contributed by atoms with Gasteiger partial charge in [-0.15, -0.1) is 11.3 Å². The summed E-state index contributed by atoms with van der Waals surface area (Å²) < 4.78 is 0. The van der Waals surface area contributed by atoms with Crippen molar-refractivity contribution in [3.05, 3.63) is 40.1 Å². The number of nitrogens with zero attached hydrogens (tertiary/aromatic N) is 2. The van der Waals surface area contributed by atoms with Crippen LogP contribution in [-0.2, 0) is 0 Å². The normalized spacial score (nSPS) is 9.40. The molecule has 0 unspecified atom stereocenters. The van der Waals surface area contributed by atoms with Gasteiger partial charge in [0.25, 0.3) is 0 Å². The molecule has 2 aromatic rings.